The molecule has 0 aromatic carbocycles. The maximum Gasteiger partial charge on any atom is 0.331 e. The summed E-state index contributed by atoms with van der Waals surface area (Å²) in [5.41, 5.74) is 0. The van der Waals surface area contributed by atoms with E-state index in [0.717, 1.165) is 6.08 Å². The summed E-state index contributed by atoms with van der Waals surface area (Å²) < 4.78 is 4.67. The van der Waals surface area contributed by atoms with Crippen LogP contribution in [0.15, 0.2) is 25.3 Å². The number of esters is 1. The highest BCUT2D eigenvalue weighted by molar-refractivity contribution is 5.87. The van der Waals surface area contributed by atoms with E-state index in [1.807, 2.05) is 0 Å². The zero-order valence-corrected chi connectivity index (χ0v) is 7.66. The minimum Gasteiger partial charge on any atom is -0.441 e. The molecule has 0 N–H and O–H groups in total. The molecule has 0 aromatic rings. The van der Waals surface area contributed by atoms with Crippen molar-refractivity contribution in [1.29, 1.82) is 0 Å². The summed E-state index contributed by atoms with van der Waals surface area (Å²) >= 11 is 0. The highest BCUT2D eigenvalue weighted by atomic mass is 16.5. The average Bonchev–Trinajstić information content (AvgIpc) is 2.17. The number of nitrogens with zero attached hydrogens (tertiary/aromatic N) is 1. The number of amides is 1. The van der Waals surface area contributed by atoms with E-state index in [0.29, 0.717) is 6.54 Å². The van der Waals surface area contributed by atoms with Gasteiger partial charge in [-0.15, -0.1) is 0 Å². The van der Waals surface area contributed by atoms with Gasteiger partial charge in [0.1, 0.15) is 0 Å². The molecule has 0 aliphatic carbocycles. The Balaban J connectivity index is 3.98. The fourth-order valence-corrected chi connectivity index (χ4v) is 0.640. The summed E-state index contributed by atoms with van der Waals surface area (Å²) in [6, 6.07) is 0. The second kappa shape index (κ2) is 5.99. The number of rotatable bonds is 5. The Morgan fingerprint density at radius 3 is 2.38 bits per heavy atom. The number of hydrogen-bond donors (Lipinski definition) is 0. The van der Waals surface area contributed by atoms with Gasteiger partial charge in [-0.25, -0.2) is 4.79 Å². The molecule has 0 aromatic heterocycles. The lowest BCUT2D eigenvalue weighted by Gasteiger charge is -2.17. The van der Waals surface area contributed by atoms with Gasteiger partial charge < -0.3 is 9.64 Å². The first-order chi connectivity index (χ1) is 6.15. The van der Waals surface area contributed by atoms with E-state index in [1.165, 1.54) is 11.0 Å². The first-order valence-electron chi connectivity index (χ1n) is 3.86. The number of carbonyl (C=O) groups is 2. The highest BCUT2D eigenvalue weighted by Crippen LogP contribution is 1.92. The lowest BCUT2D eigenvalue weighted by atomic mass is 10.5. The Morgan fingerprint density at radius 1 is 1.38 bits per heavy atom. The van der Waals surface area contributed by atoms with Crippen molar-refractivity contribution in [2.75, 3.05) is 13.3 Å². The predicted molar refractivity (Wildman–Crippen MR) is 48.7 cm³/mol. The Morgan fingerprint density at radius 2 is 2.00 bits per heavy atom. The topological polar surface area (TPSA) is 46.6 Å². The van der Waals surface area contributed by atoms with E-state index >= 15 is 0 Å². The molecule has 0 bridgehead atoms. The van der Waals surface area contributed by atoms with Crippen molar-refractivity contribution in [3.8, 4) is 0 Å². The fourth-order valence-electron chi connectivity index (χ4n) is 0.640. The van der Waals surface area contributed by atoms with Gasteiger partial charge in [0.2, 0.25) is 5.91 Å². The third-order valence-electron chi connectivity index (χ3n) is 1.40. The highest BCUT2D eigenvalue weighted by Gasteiger charge is 2.08. The Kier molecular flexibility index (Phi) is 5.27. The fraction of sp³-hybridized carbons (Fsp3) is 0.333. The van der Waals surface area contributed by atoms with Gasteiger partial charge in [0.15, 0.2) is 6.73 Å². The van der Waals surface area contributed by atoms with Gasteiger partial charge in [-0.3, -0.25) is 4.79 Å². The molecule has 0 saturated heterocycles. The van der Waals surface area contributed by atoms with Gasteiger partial charge in [0.05, 0.1) is 0 Å². The summed E-state index contributed by atoms with van der Waals surface area (Å²) in [5, 5.41) is 0. The standard InChI is InChI=1S/C9H13NO3/c1-4-8(11)10(6-3)7-13-9(12)5-2/h4-5H,1-2,6-7H2,3H3. The van der Waals surface area contributed by atoms with Gasteiger partial charge in [0, 0.05) is 12.6 Å². The Labute approximate surface area is 77.5 Å². The first kappa shape index (κ1) is 11.4. The van der Waals surface area contributed by atoms with Crippen LogP contribution in [0.1, 0.15) is 6.92 Å². The third-order valence-corrected chi connectivity index (χ3v) is 1.40. The lowest BCUT2D eigenvalue weighted by Crippen LogP contribution is -2.32. The second-order valence-electron chi connectivity index (χ2n) is 2.20. The largest absolute Gasteiger partial charge is 0.441 e. The van der Waals surface area contributed by atoms with Crippen LogP contribution in [0.3, 0.4) is 0 Å². The van der Waals surface area contributed by atoms with Crippen LogP contribution in [-0.4, -0.2) is 30.1 Å². The number of carbonyl (C=O) groups excluding carboxylic acids is 2. The minimum atomic E-state index is -0.546. The molecule has 1 amide bonds. The molecule has 0 atom stereocenters. The zero-order valence-electron chi connectivity index (χ0n) is 7.66. The maximum absolute atomic E-state index is 11.0. The molecule has 0 heterocycles. The normalized spacial score (nSPS) is 8.69. The molecule has 4 heteroatoms. The molecular formula is C9H13NO3. The second-order valence-corrected chi connectivity index (χ2v) is 2.20. The van der Waals surface area contributed by atoms with Crippen molar-refractivity contribution >= 4 is 11.9 Å². The molecule has 0 radical (unpaired) electrons. The van der Waals surface area contributed by atoms with E-state index in [2.05, 4.69) is 17.9 Å². The molecule has 0 unspecified atom stereocenters. The number of likely N-dealkylation sites (N-methyl/N-ethyl adjacent to an activating group) is 1. The predicted octanol–water partition coefficient (Wildman–Crippen LogP) is 0.708. The van der Waals surface area contributed by atoms with Crippen LogP contribution in [0.25, 0.3) is 0 Å². The Hall–Kier alpha value is -1.58. The maximum atomic E-state index is 11.0. The molecule has 0 aliphatic heterocycles. The van der Waals surface area contributed by atoms with E-state index in [9.17, 15) is 9.59 Å². The van der Waals surface area contributed by atoms with Crippen LogP contribution in [0, 0.1) is 0 Å². The summed E-state index contributed by atoms with van der Waals surface area (Å²) in [5.74, 6) is -0.810. The van der Waals surface area contributed by atoms with E-state index in [4.69, 9.17) is 0 Å². The van der Waals surface area contributed by atoms with Gasteiger partial charge in [0.25, 0.3) is 0 Å². The van der Waals surface area contributed by atoms with Crippen LogP contribution < -0.4 is 0 Å². The summed E-state index contributed by atoms with van der Waals surface area (Å²) in [6.45, 7) is 8.74. The van der Waals surface area contributed by atoms with Gasteiger partial charge >= 0.3 is 5.97 Å². The van der Waals surface area contributed by atoms with E-state index in [1.54, 1.807) is 6.92 Å². The van der Waals surface area contributed by atoms with Crippen molar-refractivity contribution in [1.82, 2.24) is 4.90 Å². The quantitative estimate of drug-likeness (QED) is 0.358. The SMILES string of the molecule is C=CC(=O)OCN(CC)C(=O)C=C. The van der Waals surface area contributed by atoms with Gasteiger partial charge in [-0.1, -0.05) is 13.2 Å². The van der Waals surface area contributed by atoms with Crippen LogP contribution in [-0.2, 0) is 14.3 Å². The molecule has 4 nitrogen and oxygen atoms in total. The van der Waals surface area contributed by atoms with Crippen LogP contribution in [0.4, 0.5) is 0 Å². The van der Waals surface area contributed by atoms with Crippen LogP contribution in [0.2, 0.25) is 0 Å². The van der Waals surface area contributed by atoms with E-state index < -0.39 is 5.97 Å². The molecule has 0 rings (SSSR count). The van der Waals surface area contributed by atoms with Crippen molar-refractivity contribution in [2.24, 2.45) is 0 Å². The average molecular weight is 183 g/mol. The van der Waals surface area contributed by atoms with Crippen LogP contribution >= 0.6 is 0 Å². The monoisotopic (exact) mass is 183 g/mol. The molecule has 0 fully saturated rings. The molecule has 0 saturated carbocycles. The molecule has 13 heavy (non-hydrogen) atoms. The van der Waals surface area contributed by atoms with E-state index in [-0.39, 0.29) is 12.6 Å². The Bertz CT molecular complexity index is 223. The number of hydrogen-bond acceptors (Lipinski definition) is 3. The van der Waals surface area contributed by atoms with Gasteiger partial charge in [-0.05, 0) is 13.0 Å². The number of ether oxygens (including phenoxy) is 1. The smallest absolute Gasteiger partial charge is 0.331 e. The first-order valence-corrected chi connectivity index (χ1v) is 3.86. The zero-order chi connectivity index (χ0) is 10.3. The third kappa shape index (κ3) is 4.10. The van der Waals surface area contributed by atoms with Crippen LogP contribution in [0.5, 0.6) is 0 Å². The molecule has 72 valence electrons. The lowest BCUT2D eigenvalue weighted by molar-refractivity contribution is -0.146. The van der Waals surface area contributed by atoms with Crippen molar-refractivity contribution in [2.45, 2.75) is 6.92 Å². The minimum absolute atomic E-state index is 0.0633. The van der Waals surface area contributed by atoms with Gasteiger partial charge in [-0.2, -0.15) is 0 Å². The summed E-state index contributed by atoms with van der Waals surface area (Å²) in [6.07, 6.45) is 2.22. The molecule has 0 aliphatic rings. The van der Waals surface area contributed by atoms with Crippen molar-refractivity contribution in [3.05, 3.63) is 25.3 Å². The molecular weight excluding hydrogens is 170 g/mol. The van der Waals surface area contributed by atoms with Crippen molar-refractivity contribution < 1.29 is 14.3 Å². The van der Waals surface area contributed by atoms with Crippen molar-refractivity contribution in [3.63, 3.8) is 0 Å². The summed E-state index contributed by atoms with van der Waals surface area (Å²) in [7, 11) is 0. The molecule has 0 spiro atoms. The summed E-state index contributed by atoms with van der Waals surface area (Å²) in [4.78, 5) is 23.0.